The highest BCUT2D eigenvalue weighted by Gasteiger charge is 2.13. The third kappa shape index (κ3) is 5.47. The first-order valence-corrected chi connectivity index (χ1v) is 7.43. The van der Waals surface area contributed by atoms with Crippen LogP contribution in [0.2, 0.25) is 0 Å². The molecular weight excluding hydrogens is 248 g/mol. The summed E-state index contributed by atoms with van der Waals surface area (Å²) in [6.45, 7) is 10.7. The van der Waals surface area contributed by atoms with E-state index in [9.17, 15) is 0 Å². The number of pyridine rings is 1. The van der Waals surface area contributed by atoms with Gasteiger partial charge in [0.1, 0.15) is 5.82 Å². The molecule has 0 saturated carbocycles. The number of hydrogen-bond acceptors (Lipinski definition) is 4. The highest BCUT2D eigenvalue weighted by molar-refractivity contribution is 5.47. The fraction of sp³-hybridized carbons (Fsp3) is 0.688. The SMILES string of the molecule is CNCc1cnc(N(CCN(C)C)CC(C)C)c(C)c1. The minimum atomic E-state index is 0.635. The number of hydrogen-bond donors (Lipinski definition) is 1. The summed E-state index contributed by atoms with van der Waals surface area (Å²) in [5, 5.41) is 3.17. The van der Waals surface area contributed by atoms with E-state index < -0.39 is 0 Å². The van der Waals surface area contributed by atoms with Gasteiger partial charge in [0.25, 0.3) is 0 Å². The Morgan fingerprint density at radius 1 is 1.25 bits per heavy atom. The van der Waals surface area contributed by atoms with Crippen molar-refractivity contribution in [3.05, 3.63) is 23.4 Å². The fourth-order valence-corrected chi connectivity index (χ4v) is 2.30. The van der Waals surface area contributed by atoms with Crippen LogP contribution < -0.4 is 10.2 Å². The predicted octanol–water partition coefficient (Wildman–Crippen LogP) is 2.13. The molecule has 1 aromatic rings. The van der Waals surface area contributed by atoms with Crippen molar-refractivity contribution in [3.63, 3.8) is 0 Å². The molecule has 4 nitrogen and oxygen atoms in total. The van der Waals surface area contributed by atoms with E-state index in [-0.39, 0.29) is 0 Å². The quantitative estimate of drug-likeness (QED) is 0.789. The maximum Gasteiger partial charge on any atom is 0.131 e. The van der Waals surface area contributed by atoms with E-state index in [0.717, 1.165) is 32.0 Å². The topological polar surface area (TPSA) is 31.4 Å². The first-order valence-electron chi connectivity index (χ1n) is 7.43. The Bertz CT molecular complexity index is 401. The van der Waals surface area contributed by atoms with Crippen molar-refractivity contribution in [2.45, 2.75) is 27.3 Å². The number of rotatable bonds is 8. The van der Waals surface area contributed by atoms with Crippen LogP contribution in [0.25, 0.3) is 0 Å². The van der Waals surface area contributed by atoms with Crippen molar-refractivity contribution < 1.29 is 0 Å². The fourth-order valence-electron chi connectivity index (χ4n) is 2.30. The Hall–Kier alpha value is -1.13. The van der Waals surface area contributed by atoms with Crippen molar-refractivity contribution in [2.24, 2.45) is 5.92 Å². The van der Waals surface area contributed by atoms with E-state index in [2.05, 4.69) is 56.0 Å². The summed E-state index contributed by atoms with van der Waals surface area (Å²) in [5.41, 5.74) is 2.50. The van der Waals surface area contributed by atoms with Gasteiger partial charge in [0.05, 0.1) is 0 Å². The Morgan fingerprint density at radius 3 is 2.45 bits per heavy atom. The molecule has 1 N–H and O–H groups in total. The summed E-state index contributed by atoms with van der Waals surface area (Å²) in [5.74, 6) is 1.76. The van der Waals surface area contributed by atoms with Gasteiger partial charge in [-0.25, -0.2) is 4.98 Å². The molecule has 0 aromatic carbocycles. The van der Waals surface area contributed by atoms with Gasteiger partial charge in [-0.1, -0.05) is 13.8 Å². The lowest BCUT2D eigenvalue weighted by atomic mass is 10.1. The number of aromatic nitrogens is 1. The summed E-state index contributed by atoms with van der Waals surface area (Å²) in [7, 11) is 6.19. The number of anilines is 1. The minimum absolute atomic E-state index is 0.635. The second-order valence-electron chi connectivity index (χ2n) is 6.16. The Kier molecular flexibility index (Phi) is 6.96. The van der Waals surface area contributed by atoms with Gasteiger partial charge in [0, 0.05) is 32.4 Å². The minimum Gasteiger partial charge on any atom is -0.355 e. The Balaban J connectivity index is 2.88. The molecule has 1 rings (SSSR count). The van der Waals surface area contributed by atoms with Gasteiger partial charge in [-0.05, 0) is 51.2 Å². The number of nitrogens with one attached hydrogen (secondary N) is 1. The molecule has 0 fully saturated rings. The smallest absolute Gasteiger partial charge is 0.131 e. The van der Waals surface area contributed by atoms with E-state index in [0.29, 0.717) is 5.92 Å². The summed E-state index contributed by atoms with van der Waals surface area (Å²) in [6.07, 6.45) is 1.99. The molecule has 0 amide bonds. The summed E-state index contributed by atoms with van der Waals surface area (Å²) >= 11 is 0. The van der Waals surface area contributed by atoms with E-state index in [1.165, 1.54) is 11.1 Å². The molecule has 20 heavy (non-hydrogen) atoms. The monoisotopic (exact) mass is 278 g/mol. The average molecular weight is 278 g/mol. The zero-order chi connectivity index (χ0) is 15.1. The third-order valence-corrected chi connectivity index (χ3v) is 3.19. The van der Waals surface area contributed by atoms with Gasteiger partial charge < -0.3 is 15.1 Å². The molecule has 0 aliphatic rings. The van der Waals surface area contributed by atoms with Gasteiger partial charge >= 0.3 is 0 Å². The molecule has 114 valence electrons. The molecule has 1 heterocycles. The molecule has 0 saturated heterocycles. The van der Waals surface area contributed by atoms with Crippen LogP contribution in [-0.4, -0.2) is 50.7 Å². The molecule has 0 atom stereocenters. The van der Waals surface area contributed by atoms with Gasteiger partial charge in [0.2, 0.25) is 0 Å². The lowest BCUT2D eigenvalue weighted by molar-refractivity contribution is 0.408. The largest absolute Gasteiger partial charge is 0.355 e. The molecule has 0 unspecified atom stereocenters. The highest BCUT2D eigenvalue weighted by atomic mass is 15.2. The van der Waals surface area contributed by atoms with Crippen molar-refractivity contribution in [3.8, 4) is 0 Å². The molecule has 0 radical (unpaired) electrons. The zero-order valence-electron chi connectivity index (χ0n) is 13.9. The van der Waals surface area contributed by atoms with Gasteiger partial charge in [-0.3, -0.25) is 0 Å². The van der Waals surface area contributed by atoms with Crippen molar-refractivity contribution >= 4 is 5.82 Å². The van der Waals surface area contributed by atoms with Crippen LogP contribution in [0.1, 0.15) is 25.0 Å². The van der Waals surface area contributed by atoms with Gasteiger partial charge in [-0.2, -0.15) is 0 Å². The molecule has 0 aliphatic carbocycles. The lowest BCUT2D eigenvalue weighted by Gasteiger charge is -2.28. The predicted molar refractivity (Wildman–Crippen MR) is 87.3 cm³/mol. The first kappa shape index (κ1) is 16.9. The standard InChI is InChI=1S/C16H30N4/c1-13(2)12-20(8-7-19(5)6)16-14(3)9-15(10-17-4)11-18-16/h9,11,13,17H,7-8,10,12H2,1-6H3. The zero-order valence-corrected chi connectivity index (χ0v) is 13.9. The van der Waals surface area contributed by atoms with Gasteiger partial charge in [-0.15, -0.1) is 0 Å². The third-order valence-electron chi connectivity index (χ3n) is 3.19. The maximum absolute atomic E-state index is 4.70. The van der Waals surface area contributed by atoms with Crippen LogP contribution in [0.4, 0.5) is 5.82 Å². The molecular formula is C16H30N4. The molecule has 0 bridgehead atoms. The second-order valence-corrected chi connectivity index (χ2v) is 6.16. The van der Waals surface area contributed by atoms with E-state index in [1.54, 1.807) is 0 Å². The van der Waals surface area contributed by atoms with Crippen LogP contribution in [-0.2, 0) is 6.54 Å². The van der Waals surface area contributed by atoms with Crippen LogP contribution in [0.5, 0.6) is 0 Å². The van der Waals surface area contributed by atoms with E-state index >= 15 is 0 Å². The second kappa shape index (κ2) is 8.22. The lowest BCUT2D eigenvalue weighted by Crippen LogP contribution is -2.35. The van der Waals surface area contributed by atoms with E-state index in [1.807, 2.05) is 13.2 Å². The molecule has 1 aromatic heterocycles. The summed E-state index contributed by atoms with van der Waals surface area (Å²) in [6, 6.07) is 2.24. The number of likely N-dealkylation sites (N-methyl/N-ethyl adjacent to an activating group) is 1. The molecule has 4 heteroatoms. The van der Waals surface area contributed by atoms with E-state index in [4.69, 9.17) is 4.98 Å². The van der Waals surface area contributed by atoms with Crippen LogP contribution in [0.15, 0.2) is 12.3 Å². The Morgan fingerprint density at radius 2 is 1.95 bits per heavy atom. The first-order chi connectivity index (χ1) is 9.43. The summed E-state index contributed by atoms with van der Waals surface area (Å²) in [4.78, 5) is 9.32. The van der Waals surface area contributed by atoms with Crippen molar-refractivity contribution in [1.29, 1.82) is 0 Å². The summed E-state index contributed by atoms with van der Waals surface area (Å²) < 4.78 is 0. The molecule has 0 aliphatic heterocycles. The molecule has 0 spiro atoms. The average Bonchev–Trinajstić information content (AvgIpc) is 2.35. The maximum atomic E-state index is 4.70. The number of aryl methyl sites for hydroxylation is 1. The Labute approximate surface area is 124 Å². The number of nitrogens with zero attached hydrogens (tertiary/aromatic N) is 3. The van der Waals surface area contributed by atoms with Crippen molar-refractivity contribution in [2.75, 3.05) is 45.7 Å². The van der Waals surface area contributed by atoms with Crippen LogP contribution in [0, 0.1) is 12.8 Å². The van der Waals surface area contributed by atoms with Crippen molar-refractivity contribution in [1.82, 2.24) is 15.2 Å². The van der Waals surface area contributed by atoms with Gasteiger partial charge in [0.15, 0.2) is 0 Å². The van der Waals surface area contributed by atoms with Crippen LogP contribution in [0.3, 0.4) is 0 Å². The highest BCUT2D eigenvalue weighted by Crippen LogP contribution is 2.19. The van der Waals surface area contributed by atoms with Crippen LogP contribution >= 0.6 is 0 Å². The normalized spacial score (nSPS) is 11.4.